The van der Waals surface area contributed by atoms with Gasteiger partial charge in [0.1, 0.15) is 11.3 Å². The van der Waals surface area contributed by atoms with Crippen molar-refractivity contribution in [2.45, 2.75) is 51.7 Å². The second-order valence-corrected chi connectivity index (χ2v) is 6.25. The molecule has 1 saturated carbocycles. The van der Waals surface area contributed by atoms with Gasteiger partial charge in [0.05, 0.1) is 6.54 Å². The molecule has 1 N–H and O–H groups in total. The van der Waals surface area contributed by atoms with E-state index in [0.29, 0.717) is 0 Å². The van der Waals surface area contributed by atoms with Crippen LogP contribution in [0.5, 0.6) is 0 Å². The van der Waals surface area contributed by atoms with Crippen molar-refractivity contribution in [3.63, 3.8) is 0 Å². The first-order valence-corrected chi connectivity index (χ1v) is 8.19. The number of hydrogen-bond donors (Lipinski definition) is 1. The van der Waals surface area contributed by atoms with Crippen LogP contribution in [0.15, 0.2) is 28.7 Å². The normalized spacial score (nSPS) is 15.2. The van der Waals surface area contributed by atoms with E-state index in [2.05, 4.69) is 48.5 Å². The Kier molecular flexibility index (Phi) is 4.61. The highest BCUT2D eigenvalue weighted by atomic mass is 16.3. The maximum absolute atomic E-state index is 6.12. The van der Waals surface area contributed by atoms with E-state index in [4.69, 9.17) is 4.42 Å². The van der Waals surface area contributed by atoms with Crippen LogP contribution in [-0.4, -0.2) is 24.5 Å². The largest absolute Gasteiger partial charge is 0.459 e. The summed E-state index contributed by atoms with van der Waals surface area (Å²) in [6.45, 7) is 5.19. The molecule has 0 unspecified atom stereocenters. The second kappa shape index (κ2) is 6.63. The third kappa shape index (κ3) is 3.66. The molecular formula is C18H26N2O. The standard InChI is InChI=1S/C18H26N2O/c1-3-4-11-20(2)13-18-16(12-19-14-9-10-14)15-7-5-6-8-17(15)21-18/h5-8,14,19H,3-4,9-13H2,1-2H3. The molecule has 0 bridgehead atoms. The summed E-state index contributed by atoms with van der Waals surface area (Å²) in [6.07, 6.45) is 5.12. The van der Waals surface area contributed by atoms with Gasteiger partial charge in [-0.3, -0.25) is 4.90 Å². The molecule has 2 aromatic rings. The van der Waals surface area contributed by atoms with Crippen molar-refractivity contribution in [2.24, 2.45) is 0 Å². The molecule has 3 rings (SSSR count). The number of nitrogens with one attached hydrogen (secondary N) is 1. The highest BCUT2D eigenvalue weighted by molar-refractivity contribution is 5.82. The Morgan fingerprint density at radius 3 is 2.86 bits per heavy atom. The van der Waals surface area contributed by atoms with Crippen molar-refractivity contribution in [3.05, 3.63) is 35.6 Å². The molecule has 114 valence electrons. The van der Waals surface area contributed by atoms with Crippen molar-refractivity contribution < 1.29 is 4.42 Å². The molecule has 0 aliphatic heterocycles. The fourth-order valence-electron chi connectivity index (χ4n) is 2.76. The van der Waals surface area contributed by atoms with Crippen LogP contribution in [0.2, 0.25) is 0 Å². The van der Waals surface area contributed by atoms with E-state index in [1.165, 1.54) is 36.6 Å². The number of benzene rings is 1. The Bertz CT molecular complexity index is 586. The lowest BCUT2D eigenvalue weighted by Crippen LogP contribution is -2.21. The molecule has 21 heavy (non-hydrogen) atoms. The van der Waals surface area contributed by atoms with E-state index < -0.39 is 0 Å². The van der Waals surface area contributed by atoms with Gasteiger partial charge in [-0.25, -0.2) is 0 Å². The zero-order valence-electron chi connectivity index (χ0n) is 13.2. The summed E-state index contributed by atoms with van der Waals surface area (Å²) in [5.74, 6) is 1.13. The molecule has 1 aliphatic rings. The predicted octanol–water partition coefficient (Wildman–Crippen LogP) is 3.92. The molecule has 1 fully saturated rings. The van der Waals surface area contributed by atoms with Gasteiger partial charge in [0.25, 0.3) is 0 Å². The number of rotatable bonds is 8. The monoisotopic (exact) mass is 286 g/mol. The molecule has 0 spiro atoms. The third-order valence-electron chi connectivity index (χ3n) is 4.23. The van der Waals surface area contributed by atoms with Crippen molar-refractivity contribution in [2.75, 3.05) is 13.6 Å². The highest BCUT2D eigenvalue weighted by Crippen LogP contribution is 2.28. The Morgan fingerprint density at radius 2 is 2.10 bits per heavy atom. The molecule has 1 aliphatic carbocycles. The van der Waals surface area contributed by atoms with Crippen LogP contribution in [-0.2, 0) is 13.1 Å². The summed E-state index contributed by atoms with van der Waals surface area (Å²) in [5.41, 5.74) is 2.37. The maximum Gasteiger partial charge on any atom is 0.134 e. The van der Waals surface area contributed by atoms with Crippen LogP contribution in [0, 0.1) is 0 Å². The van der Waals surface area contributed by atoms with Gasteiger partial charge in [-0.1, -0.05) is 31.5 Å². The number of fused-ring (bicyclic) bond motifs is 1. The molecule has 1 heterocycles. The number of hydrogen-bond acceptors (Lipinski definition) is 3. The first kappa shape index (κ1) is 14.6. The lowest BCUT2D eigenvalue weighted by Gasteiger charge is -2.15. The zero-order valence-corrected chi connectivity index (χ0v) is 13.2. The third-order valence-corrected chi connectivity index (χ3v) is 4.23. The van der Waals surface area contributed by atoms with Crippen LogP contribution >= 0.6 is 0 Å². The molecule has 1 aromatic carbocycles. The van der Waals surface area contributed by atoms with E-state index in [1.807, 2.05) is 0 Å². The van der Waals surface area contributed by atoms with Gasteiger partial charge in [0, 0.05) is 23.5 Å². The quantitative estimate of drug-likeness (QED) is 0.797. The Balaban J connectivity index is 1.79. The number of para-hydroxylation sites is 1. The molecule has 0 amide bonds. The Morgan fingerprint density at radius 1 is 1.29 bits per heavy atom. The van der Waals surface area contributed by atoms with Crippen molar-refractivity contribution >= 4 is 11.0 Å². The smallest absolute Gasteiger partial charge is 0.134 e. The topological polar surface area (TPSA) is 28.4 Å². The summed E-state index contributed by atoms with van der Waals surface area (Å²) >= 11 is 0. The molecule has 0 radical (unpaired) electrons. The number of furan rings is 1. The zero-order chi connectivity index (χ0) is 14.7. The van der Waals surface area contributed by atoms with E-state index in [0.717, 1.165) is 37.0 Å². The molecular weight excluding hydrogens is 260 g/mol. The second-order valence-electron chi connectivity index (χ2n) is 6.25. The number of unbranched alkanes of at least 4 members (excludes halogenated alkanes) is 1. The van der Waals surface area contributed by atoms with E-state index in [1.54, 1.807) is 0 Å². The number of nitrogens with zero attached hydrogens (tertiary/aromatic N) is 1. The highest BCUT2D eigenvalue weighted by Gasteiger charge is 2.22. The summed E-state index contributed by atoms with van der Waals surface area (Å²) in [5, 5.41) is 4.90. The van der Waals surface area contributed by atoms with E-state index in [-0.39, 0.29) is 0 Å². The molecule has 0 atom stereocenters. The van der Waals surface area contributed by atoms with Gasteiger partial charge >= 0.3 is 0 Å². The predicted molar refractivity (Wildman–Crippen MR) is 87.3 cm³/mol. The molecule has 1 aromatic heterocycles. The van der Waals surface area contributed by atoms with Crippen LogP contribution in [0.1, 0.15) is 43.9 Å². The lowest BCUT2D eigenvalue weighted by molar-refractivity contribution is 0.292. The minimum atomic E-state index is 0.726. The van der Waals surface area contributed by atoms with E-state index in [9.17, 15) is 0 Å². The minimum Gasteiger partial charge on any atom is -0.459 e. The van der Waals surface area contributed by atoms with Crippen LogP contribution in [0.25, 0.3) is 11.0 Å². The first-order chi connectivity index (χ1) is 10.3. The Labute approximate surface area is 127 Å². The van der Waals surface area contributed by atoms with Crippen LogP contribution < -0.4 is 5.32 Å². The fraction of sp³-hybridized carbons (Fsp3) is 0.556. The van der Waals surface area contributed by atoms with Crippen molar-refractivity contribution in [1.29, 1.82) is 0 Å². The van der Waals surface area contributed by atoms with Gasteiger partial charge in [0.2, 0.25) is 0 Å². The maximum atomic E-state index is 6.12. The fourth-order valence-corrected chi connectivity index (χ4v) is 2.76. The van der Waals surface area contributed by atoms with Crippen molar-refractivity contribution in [1.82, 2.24) is 10.2 Å². The summed E-state index contributed by atoms with van der Waals surface area (Å²) in [7, 11) is 2.18. The molecule has 3 nitrogen and oxygen atoms in total. The van der Waals surface area contributed by atoms with Crippen LogP contribution in [0.4, 0.5) is 0 Å². The van der Waals surface area contributed by atoms with Gasteiger partial charge in [-0.15, -0.1) is 0 Å². The average molecular weight is 286 g/mol. The summed E-state index contributed by atoms with van der Waals surface area (Å²) in [4.78, 5) is 2.36. The van der Waals surface area contributed by atoms with Gasteiger partial charge in [-0.05, 0) is 38.9 Å². The van der Waals surface area contributed by atoms with Crippen LogP contribution in [0.3, 0.4) is 0 Å². The van der Waals surface area contributed by atoms with Gasteiger partial charge in [-0.2, -0.15) is 0 Å². The molecule has 3 heteroatoms. The average Bonchev–Trinajstić information content (AvgIpc) is 3.25. The van der Waals surface area contributed by atoms with Crippen molar-refractivity contribution in [3.8, 4) is 0 Å². The van der Waals surface area contributed by atoms with Gasteiger partial charge in [0.15, 0.2) is 0 Å². The first-order valence-electron chi connectivity index (χ1n) is 8.19. The van der Waals surface area contributed by atoms with E-state index >= 15 is 0 Å². The SMILES string of the molecule is CCCCN(C)Cc1oc2ccccc2c1CNC1CC1. The Hall–Kier alpha value is -1.32. The minimum absolute atomic E-state index is 0.726. The lowest BCUT2D eigenvalue weighted by atomic mass is 10.1. The van der Waals surface area contributed by atoms with Gasteiger partial charge < -0.3 is 9.73 Å². The summed E-state index contributed by atoms with van der Waals surface area (Å²) in [6, 6.07) is 9.13. The summed E-state index contributed by atoms with van der Waals surface area (Å²) < 4.78 is 6.12. The molecule has 0 saturated heterocycles.